The molecular weight excluding hydrogens is 258 g/mol. The summed E-state index contributed by atoms with van der Waals surface area (Å²) in [5.41, 5.74) is 6.19. The van der Waals surface area contributed by atoms with E-state index < -0.39 is 11.6 Å². The second-order valence-corrected chi connectivity index (χ2v) is 6.16. The summed E-state index contributed by atoms with van der Waals surface area (Å²) in [7, 11) is 0. The first-order chi connectivity index (χ1) is 9.43. The van der Waals surface area contributed by atoms with E-state index in [2.05, 4.69) is 13.8 Å². The highest BCUT2D eigenvalue weighted by Gasteiger charge is 2.32. The van der Waals surface area contributed by atoms with E-state index in [1.807, 2.05) is 11.8 Å². The van der Waals surface area contributed by atoms with Crippen molar-refractivity contribution in [3.05, 3.63) is 29.3 Å². The van der Waals surface area contributed by atoms with Crippen LogP contribution in [0.1, 0.15) is 32.8 Å². The molecule has 1 saturated heterocycles. The zero-order valence-corrected chi connectivity index (χ0v) is 12.5. The molecule has 1 heterocycles. The van der Waals surface area contributed by atoms with Crippen LogP contribution < -0.4 is 10.6 Å². The number of hydrogen-bond donors (Lipinski definition) is 1. The molecule has 2 rings (SSSR count). The molecule has 0 amide bonds. The summed E-state index contributed by atoms with van der Waals surface area (Å²) in [6.45, 7) is 7.42. The molecule has 2 N–H and O–H groups in total. The topological polar surface area (TPSA) is 29.3 Å². The number of halogens is 2. The van der Waals surface area contributed by atoms with Gasteiger partial charge in [0.05, 0.1) is 0 Å². The molecule has 3 atom stereocenters. The van der Waals surface area contributed by atoms with Crippen LogP contribution in [0, 0.1) is 23.5 Å². The van der Waals surface area contributed by atoms with Crippen LogP contribution in [0.3, 0.4) is 0 Å². The fourth-order valence-corrected chi connectivity index (χ4v) is 3.21. The van der Waals surface area contributed by atoms with Gasteiger partial charge in [0.25, 0.3) is 0 Å². The largest absolute Gasteiger partial charge is 0.364 e. The van der Waals surface area contributed by atoms with Crippen LogP contribution >= 0.6 is 0 Å². The maximum atomic E-state index is 14.3. The van der Waals surface area contributed by atoms with Crippen molar-refractivity contribution < 1.29 is 8.78 Å². The third-order valence-corrected chi connectivity index (χ3v) is 4.39. The average Bonchev–Trinajstić information content (AvgIpc) is 2.34. The van der Waals surface area contributed by atoms with Crippen molar-refractivity contribution in [3.8, 4) is 0 Å². The Bertz CT molecular complexity index is 453. The van der Waals surface area contributed by atoms with E-state index in [0.717, 1.165) is 6.42 Å². The molecule has 1 fully saturated rings. The Morgan fingerprint density at radius 1 is 1.20 bits per heavy atom. The summed E-state index contributed by atoms with van der Waals surface area (Å²) in [6.07, 6.45) is 1.60. The average molecular weight is 282 g/mol. The third kappa shape index (κ3) is 2.95. The summed E-state index contributed by atoms with van der Waals surface area (Å²) in [5.74, 6) is -0.0619. The molecule has 4 heteroatoms. The Balaban J connectivity index is 2.36. The van der Waals surface area contributed by atoms with Gasteiger partial charge in [0.2, 0.25) is 0 Å². The molecule has 0 aliphatic carbocycles. The highest BCUT2D eigenvalue weighted by Crippen LogP contribution is 2.34. The summed E-state index contributed by atoms with van der Waals surface area (Å²) in [4.78, 5) is 1.88. The molecule has 112 valence electrons. The molecule has 1 aliphatic rings. The lowest BCUT2D eigenvalue weighted by molar-refractivity contribution is 0.292. The molecular formula is C16H24F2N2. The lowest BCUT2D eigenvalue weighted by Gasteiger charge is -2.42. The molecule has 3 unspecified atom stereocenters. The van der Waals surface area contributed by atoms with Crippen molar-refractivity contribution in [3.63, 3.8) is 0 Å². The van der Waals surface area contributed by atoms with Gasteiger partial charge in [-0.15, -0.1) is 0 Å². The van der Waals surface area contributed by atoms with E-state index in [9.17, 15) is 8.78 Å². The summed E-state index contributed by atoms with van der Waals surface area (Å²) in [6, 6.07) is 2.99. The maximum Gasteiger partial charge on any atom is 0.149 e. The standard InChI is InChI=1S/C16H24F2N2/c1-10-6-11(2)12(3)20(9-10)16-14(17)7-13(4-5-19)8-15(16)18/h7-8,10-12H,4-6,9,19H2,1-3H3. The Morgan fingerprint density at radius 3 is 2.35 bits per heavy atom. The number of benzene rings is 1. The minimum Gasteiger partial charge on any atom is -0.364 e. The lowest BCUT2D eigenvalue weighted by atomic mass is 9.85. The van der Waals surface area contributed by atoms with Crippen LogP contribution in [0.25, 0.3) is 0 Å². The number of hydrogen-bond acceptors (Lipinski definition) is 2. The van der Waals surface area contributed by atoms with E-state index in [1.165, 1.54) is 12.1 Å². The second kappa shape index (κ2) is 6.08. The first kappa shape index (κ1) is 15.2. The molecule has 20 heavy (non-hydrogen) atoms. The number of anilines is 1. The van der Waals surface area contributed by atoms with Crippen LogP contribution in [0.4, 0.5) is 14.5 Å². The Labute approximate surface area is 120 Å². The molecule has 0 spiro atoms. The van der Waals surface area contributed by atoms with Gasteiger partial charge in [0, 0.05) is 12.6 Å². The zero-order chi connectivity index (χ0) is 14.9. The highest BCUT2D eigenvalue weighted by atomic mass is 19.1. The van der Waals surface area contributed by atoms with Gasteiger partial charge in [-0.25, -0.2) is 8.78 Å². The van der Waals surface area contributed by atoms with Crippen LogP contribution in [0.5, 0.6) is 0 Å². The minimum absolute atomic E-state index is 0.122. The molecule has 1 aromatic carbocycles. The highest BCUT2D eigenvalue weighted by molar-refractivity contribution is 5.52. The van der Waals surface area contributed by atoms with Crippen molar-refractivity contribution in [1.82, 2.24) is 0 Å². The van der Waals surface area contributed by atoms with Gasteiger partial charge in [-0.2, -0.15) is 0 Å². The van der Waals surface area contributed by atoms with E-state index in [4.69, 9.17) is 5.73 Å². The number of piperidine rings is 1. The van der Waals surface area contributed by atoms with Crippen molar-refractivity contribution in [2.45, 2.75) is 39.7 Å². The van der Waals surface area contributed by atoms with Crippen molar-refractivity contribution >= 4 is 5.69 Å². The zero-order valence-electron chi connectivity index (χ0n) is 12.5. The lowest BCUT2D eigenvalue weighted by Crippen LogP contribution is -2.46. The van der Waals surface area contributed by atoms with Gasteiger partial charge in [-0.1, -0.05) is 13.8 Å². The van der Waals surface area contributed by atoms with Crippen molar-refractivity contribution in [2.75, 3.05) is 18.0 Å². The van der Waals surface area contributed by atoms with Crippen molar-refractivity contribution in [1.29, 1.82) is 0 Å². The minimum atomic E-state index is -0.471. The molecule has 1 aliphatic heterocycles. The van der Waals surface area contributed by atoms with E-state index in [0.29, 0.717) is 36.9 Å². The Kier molecular flexibility index (Phi) is 4.63. The van der Waals surface area contributed by atoms with Crippen LogP contribution in [0.15, 0.2) is 12.1 Å². The van der Waals surface area contributed by atoms with E-state index in [-0.39, 0.29) is 11.7 Å². The molecule has 0 bridgehead atoms. The van der Waals surface area contributed by atoms with Gasteiger partial charge < -0.3 is 10.6 Å². The molecule has 0 radical (unpaired) electrons. The summed E-state index contributed by atoms with van der Waals surface area (Å²) < 4.78 is 28.6. The van der Waals surface area contributed by atoms with Crippen molar-refractivity contribution in [2.24, 2.45) is 17.6 Å². The fraction of sp³-hybridized carbons (Fsp3) is 0.625. The van der Waals surface area contributed by atoms with Gasteiger partial charge in [0.15, 0.2) is 0 Å². The monoisotopic (exact) mass is 282 g/mol. The van der Waals surface area contributed by atoms with E-state index in [1.54, 1.807) is 0 Å². The first-order valence-electron chi connectivity index (χ1n) is 7.38. The predicted molar refractivity (Wildman–Crippen MR) is 78.9 cm³/mol. The molecule has 0 aromatic heterocycles. The van der Waals surface area contributed by atoms with Gasteiger partial charge in [-0.05, 0) is 55.8 Å². The maximum absolute atomic E-state index is 14.3. The molecule has 2 nitrogen and oxygen atoms in total. The van der Waals surface area contributed by atoms with Gasteiger partial charge >= 0.3 is 0 Å². The normalized spacial score (nSPS) is 26.9. The number of rotatable bonds is 3. The predicted octanol–water partition coefficient (Wildman–Crippen LogP) is 3.34. The van der Waals surface area contributed by atoms with Gasteiger partial charge in [0.1, 0.15) is 17.3 Å². The quantitative estimate of drug-likeness (QED) is 0.921. The number of nitrogens with zero attached hydrogens (tertiary/aromatic N) is 1. The summed E-state index contributed by atoms with van der Waals surface area (Å²) >= 11 is 0. The first-order valence-corrected chi connectivity index (χ1v) is 7.38. The Morgan fingerprint density at radius 2 is 1.80 bits per heavy atom. The van der Waals surface area contributed by atoms with E-state index >= 15 is 0 Å². The fourth-order valence-electron chi connectivity index (χ4n) is 3.21. The van der Waals surface area contributed by atoms with Crippen LogP contribution in [0.2, 0.25) is 0 Å². The van der Waals surface area contributed by atoms with Crippen LogP contribution in [-0.2, 0) is 6.42 Å². The molecule has 0 saturated carbocycles. The SMILES string of the molecule is CC1CC(C)C(C)N(c2c(F)cc(CCN)cc2F)C1. The Hall–Kier alpha value is -1.16. The van der Waals surface area contributed by atoms with Crippen LogP contribution in [-0.4, -0.2) is 19.1 Å². The number of nitrogens with two attached hydrogens (primary N) is 1. The molecule has 1 aromatic rings. The third-order valence-electron chi connectivity index (χ3n) is 4.39. The van der Waals surface area contributed by atoms with Gasteiger partial charge in [-0.3, -0.25) is 0 Å². The smallest absolute Gasteiger partial charge is 0.149 e. The summed E-state index contributed by atoms with van der Waals surface area (Å²) in [5, 5.41) is 0. The second-order valence-electron chi connectivity index (χ2n) is 6.16.